The number of fused-ring (bicyclic) bond motifs is 14. The molecule has 107 heavy (non-hydrogen) atoms. The maximum absolute atomic E-state index is 4.82. The molecule has 0 saturated heterocycles. The number of rotatable bonds is 8. The summed E-state index contributed by atoms with van der Waals surface area (Å²) in [6.45, 7) is 9.46. The van der Waals surface area contributed by atoms with E-state index in [-0.39, 0.29) is 10.8 Å². The average Bonchev–Trinajstić information content (AvgIpc) is 1.73. The standard InChI is InChI=1S/C51H35N3.C47H32N6/c1-51(2)45-16-9-8-15-39(45)41-29-43-44(30-46(41)51)48(35-20-18-34(19-21-35)47-31-54-26-10-25-52-50(54)53-47)40-24-23-37(32-11-4-3-5-12-32)28-42(40)49(43)38-22-17-33-13-6-7-14-36(33)27-38;1-47(2)39-12-6-5-9-33(39)36-25-37-38(26-40(36)47)44(32-19-15-30(16-20-32)42-28-53-24-8-22-49-46(53)51-42)35-11-4-3-10-34(35)43(37)31-17-13-29(14-18-31)41-27-52-23-7-21-48-45(52)50-41/h3-31H,1-2H3;3-28H,1-2H3. The fourth-order valence-electron chi connectivity index (χ4n) is 17.5. The lowest BCUT2D eigenvalue weighted by Crippen LogP contribution is -2.14. The summed E-state index contributed by atoms with van der Waals surface area (Å²) in [4.78, 5) is 27.7. The molecular formula is C98H67N9. The number of nitrogens with zero attached hydrogens (tertiary/aromatic N) is 9. The van der Waals surface area contributed by atoms with Crippen LogP contribution in [0.4, 0.5) is 0 Å². The van der Waals surface area contributed by atoms with Gasteiger partial charge >= 0.3 is 0 Å². The van der Waals surface area contributed by atoms with Crippen molar-refractivity contribution in [3.05, 3.63) is 357 Å². The third kappa shape index (κ3) is 9.92. The molecular weight excluding hydrogens is 1300 g/mol. The zero-order chi connectivity index (χ0) is 71.2. The van der Waals surface area contributed by atoms with Crippen molar-refractivity contribution in [2.45, 2.75) is 38.5 Å². The van der Waals surface area contributed by atoms with E-state index in [0.29, 0.717) is 17.3 Å². The maximum Gasteiger partial charge on any atom is 0.234 e. The van der Waals surface area contributed by atoms with E-state index in [2.05, 4.69) is 310 Å². The summed E-state index contributed by atoms with van der Waals surface area (Å²) < 4.78 is 5.90. The molecule has 0 saturated carbocycles. The van der Waals surface area contributed by atoms with E-state index in [1.165, 1.54) is 154 Å². The quantitative estimate of drug-likeness (QED) is 0.141. The van der Waals surface area contributed by atoms with Crippen molar-refractivity contribution in [1.29, 1.82) is 0 Å². The molecule has 0 atom stereocenters. The third-order valence-corrected chi connectivity index (χ3v) is 22.8. The molecule has 2 aliphatic rings. The predicted molar refractivity (Wildman–Crippen MR) is 439 cm³/mol. The predicted octanol–water partition coefficient (Wildman–Crippen LogP) is 24.2. The summed E-state index contributed by atoms with van der Waals surface area (Å²) in [5.41, 5.74) is 28.6. The Kier molecular flexibility index (Phi) is 13.8. The van der Waals surface area contributed by atoms with Gasteiger partial charge in [0.15, 0.2) is 0 Å². The van der Waals surface area contributed by atoms with Crippen molar-refractivity contribution in [2.75, 3.05) is 0 Å². The first-order chi connectivity index (χ1) is 52.5. The van der Waals surface area contributed by atoms with E-state index >= 15 is 0 Å². The smallest absolute Gasteiger partial charge is 0.234 e. The second-order valence-electron chi connectivity index (χ2n) is 29.6. The largest absolute Gasteiger partial charge is 0.291 e. The Balaban J connectivity index is 0.000000137. The molecule has 22 rings (SSSR count). The number of imidazole rings is 3. The molecule has 0 amide bonds. The lowest BCUT2D eigenvalue weighted by atomic mass is 9.79. The van der Waals surface area contributed by atoms with Gasteiger partial charge in [-0.2, -0.15) is 0 Å². The molecule has 0 fully saturated rings. The van der Waals surface area contributed by atoms with Crippen molar-refractivity contribution in [3.63, 3.8) is 0 Å². The van der Waals surface area contributed by atoms with Crippen molar-refractivity contribution in [2.24, 2.45) is 0 Å². The summed E-state index contributed by atoms with van der Waals surface area (Å²) in [6.07, 6.45) is 17.4. The van der Waals surface area contributed by atoms with Crippen molar-refractivity contribution in [3.8, 4) is 112 Å². The highest BCUT2D eigenvalue weighted by molar-refractivity contribution is 6.25. The van der Waals surface area contributed by atoms with Gasteiger partial charge in [-0.3, -0.25) is 13.2 Å². The first-order valence-corrected chi connectivity index (χ1v) is 36.6. The molecule has 0 N–H and O–H groups in total. The molecule has 20 aromatic rings. The van der Waals surface area contributed by atoms with E-state index in [1.54, 1.807) is 18.6 Å². The van der Waals surface area contributed by atoms with Crippen LogP contribution < -0.4 is 0 Å². The van der Waals surface area contributed by atoms with Crippen LogP contribution in [0, 0.1) is 0 Å². The number of benzene rings is 14. The molecule has 504 valence electrons. The van der Waals surface area contributed by atoms with Gasteiger partial charge < -0.3 is 0 Å². The van der Waals surface area contributed by atoms with Gasteiger partial charge in [0, 0.05) is 83.3 Å². The summed E-state index contributed by atoms with van der Waals surface area (Å²) in [5, 5.41) is 12.4. The lowest BCUT2D eigenvalue weighted by Gasteiger charge is -2.24. The molecule has 6 heterocycles. The van der Waals surface area contributed by atoms with Gasteiger partial charge in [0.1, 0.15) is 0 Å². The van der Waals surface area contributed by atoms with Crippen LogP contribution in [0.3, 0.4) is 0 Å². The first-order valence-electron chi connectivity index (χ1n) is 36.6. The molecule has 9 nitrogen and oxygen atoms in total. The second-order valence-corrected chi connectivity index (χ2v) is 29.6. The summed E-state index contributed by atoms with van der Waals surface area (Å²) >= 11 is 0. The monoisotopic (exact) mass is 1370 g/mol. The van der Waals surface area contributed by atoms with E-state index < -0.39 is 0 Å². The fraction of sp³-hybridized carbons (Fsp3) is 0.0612. The number of aromatic nitrogens is 9. The van der Waals surface area contributed by atoms with Crippen molar-refractivity contribution >= 4 is 71.2 Å². The number of hydrogen-bond donors (Lipinski definition) is 0. The third-order valence-electron chi connectivity index (χ3n) is 22.8. The first kappa shape index (κ1) is 61.9. The highest BCUT2D eigenvalue weighted by Crippen LogP contribution is 2.56. The Morgan fingerprint density at radius 1 is 0.234 bits per heavy atom. The second kappa shape index (κ2) is 23.9. The lowest BCUT2D eigenvalue weighted by molar-refractivity contribution is 0.661. The van der Waals surface area contributed by atoms with E-state index in [1.807, 2.05) is 62.4 Å². The molecule has 0 bridgehead atoms. The zero-order valence-corrected chi connectivity index (χ0v) is 59.3. The van der Waals surface area contributed by atoms with Gasteiger partial charge in [-0.15, -0.1) is 0 Å². The molecule has 9 heteroatoms. The van der Waals surface area contributed by atoms with Crippen LogP contribution in [-0.4, -0.2) is 43.1 Å². The minimum atomic E-state index is -0.131. The van der Waals surface area contributed by atoms with Gasteiger partial charge in [-0.05, 0) is 209 Å². The van der Waals surface area contributed by atoms with Crippen LogP contribution in [0.25, 0.3) is 183 Å². The van der Waals surface area contributed by atoms with Crippen LogP contribution in [0.2, 0.25) is 0 Å². The maximum atomic E-state index is 4.82. The molecule has 0 spiro atoms. The molecule has 6 aromatic heterocycles. The highest BCUT2D eigenvalue weighted by Gasteiger charge is 2.38. The van der Waals surface area contributed by atoms with Gasteiger partial charge in [-0.25, -0.2) is 29.9 Å². The average molecular weight is 1370 g/mol. The Labute approximate surface area is 617 Å². The van der Waals surface area contributed by atoms with Crippen LogP contribution in [0.5, 0.6) is 0 Å². The normalized spacial score (nSPS) is 13.2. The summed E-state index contributed by atoms with van der Waals surface area (Å²) in [7, 11) is 0. The van der Waals surface area contributed by atoms with E-state index in [9.17, 15) is 0 Å². The van der Waals surface area contributed by atoms with Crippen LogP contribution in [-0.2, 0) is 10.8 Å². The molecule has 14 aromatic carbocycles. The van der Waals surface area contributed by atoms with Crippen molar-refractivity contribution < 1.29 is 0 Å². The zero-order valence-electron chi connectivity index (χ0n) is 59.3. The van der Waals surface area contributed by atoms with Crippen LogP contribution in [0.15, 0.2) is 335 Å². The number of hydrogen-bond acceptors (Lipinski definition) is 6. The minimum Gasteiger partial charge on any atom is -0.291 e. The Hall–Kier alpha value is -13.8. The molecule has 0 radical (unpaired) electrons. The molecule has 0 unspecified atom stereocenters. The Morgan fingerprint density at radius 2 is 0.589 bits per heavy atom. The van der Waals surface area contributed by atoms with Crippen LogP contribution in [0.1, 0.15) is 49.9 Å². The van der Waals surface area contributed by atoms with Crippen LogP contribution >= 0.6 is 0 Å². The van der Waals surface area contributed by atoms with Crippen molar-refractivity contribution in [1.82, 2.24) is 43.1 Å². The Bertz CT molecular complexity index is 6940. The van der Waals surface area contributed by atoms with Gasteiger partial charge in [-0.1, -0.05) is 252 Å². The fourth-order valence-corrected chi connectivity index (χ4v) is 17.5. The SMILES string of the molecule is CC1(C)c2ccccc2-c2cc3c(-c4ccc(-c5cn6cccnc6n5)cc4)c4ccccc4c(-c4ccc(-c5cn6cccnc6n5)cc4)c3cc21.CC1(C)c2ccccc2-c2cc3c(-c4ccc5ccccc5c4)c4cc(-c5ccccc5)ccc4c(-c4ccc(-c5cn6cccnc6n5)cc4)c3cc21. The Morgan fingerprint density at radius 3 is 1.05 bits per heavy atom. The van der Waals surface area contributed by atoms with E-state index in [4.69, 9.17) is 15.0 Å². The summed E-state index contributed by atoms with van der Waals surface area (Å²) in [6, 6.07) is 103. The molecule has 2 aliphatic carbocycles. The van der Waals surface area contributed by atoms with Gasteiger partial charge in [0.2, 0.25) is 17.3 Å². The minimum absolute atomic E-state index is 0.130. The van der Waals surface area contributed by atoms with Gasteiger partial charge in [0.05, 0.1) is 17.1 Å². The topological polar surface area (TPSA) is 90.6 Å². The van der Waals surface area contributed by atoms with Gasteiger partial charge in [0.25, 0.3) is 0 Å². The highest BCUT2D eigenvalue weighted by atomic mass is 15.1. The molecule has 0 aliphatic heterocycles. The van der Waals surface area contributed by atoms with E-state index in [0.717, 1.165) is 33.8 Å². The summed E-state index contributed by atoms with van der Waals surface area (Å²) in [5.74, 6) is 2.09.